The number of hydrogen-bond acceptors (Lipinski definition) is 3. The summed E-state index contributed by atoms with van der Waals surface area (Å²) >= 11 is 5.89. The van der Waals surface area contributed by atoms with Crippen molar-refractivity contribution < 1.29 is 17.9 Å². The summed E-state index contributed by atoms with van der Waals surface area (Å²) < 4.78 is 25.7. The third-order valence-electron chi connectivity index (χ3n) is 5.17. The normalized spacial score (nSPS) is 21.3. The minimum atomic E-state index is -2.99. The number of carbonyl (C=O) groups is 1. The molecule has 2 heterocycles. The maximum Gasteiger partial charge on any atom is 0.278 e. The van der Waals surface area contributed by atoms with Crippen LogP contribution in [0.5, 0.6) is 0 Å². The van der Waals surface area contributed by atoms with Crippen LogP contribution < -0.4 is 10.00 Å². The van der Waals surface area contributed by atoms with Crippen molar-refractivity contribution in [2.45, 2.75) is 38.1 Å². The largest absolute Gasteiger partial charge is 0.321 e. The van der Waals surface area contributed by atoms with Crippen LogP contribution in [-0.2, 0) is 22.7 Å². The van der Waals surface area contributed by atoms with Crippen LogP contribution in [0.2, 0.25) is 5.02 Å². The molecule has 0 bridgehead atoms. The van der Waals surface area contributed by atoms with Crippen LogP contribution in [0.1, 0.15) is 47.1 Å². The van der Waals surface area contributed by atoms with E-state index in [0.29, 0.717) is 22.8 Å². The first-order valence-electron chi connectivity index (χ1n) is 8.85. The van der Waals surface area contributed by atoms with E-state index < -0.39 is 9.84 Å². The topological polar surface area (TPSA) is 82.9 Å². The van der Waals surface area contributed by atoms with Crippen LogP contribution in [0, 0.1) is 0 Å². The lowest BCUT2D eigenvalue weighted by molar-refractivity contribution is -0.775. The number of H-pyrrole nitrogens is 1. The van der Waals surface area contributed by atoms with E-state index in [9.17, 15) is 13.2 Å². The molecule has 1 atom stereocenters. The Morgan fingerprint density at radius 3 is 2.62 bits per heavy atom. The number of amides is 1. The molecule has 2 aromatic rings. The zero-order valence-electron chi connectivity index (χ0n) is 14.3. The van der Waals surface area contributed by atoms with E-state index in [-0.39, 0.29) is 23.5 Å². The Morgan fingerprint density at radius 2 is 1.92 bits per heavy atom. The lowest BCUT2D eigenvalue weighted by Gasteiger charge is -2.09. The number of anilines is 1. The van der Waals surface area contributed by atoms with Crippen LogP contribution in [0.3, 0.4) is 0 Å². The van der Waals surface area contributed by atoms with E-state index in [1.807, 2.05) is 4.68 Å². The first-order chi connectivity index (χ1) is 12.4. The molecule has 1 saturated heterocycles. The summed E-state index contributed by atoms with van der Waals surface area (Å²) in [5, 5.41) is 6.72. The predicted octanol–water partition coefficient (Wildman–Crippen LogP) is 2.45. The Balaban J connectivity index is 1.65. The number of nitrogens with one attached hydrogen (secondary N) is 2. The fourth-order valence-corrected chi connectivity index (χ4v) is 5.71. The highest BCUT2D eigenvalue weighted by molar-refractivity contribution is 7.91. The highest BCUT2D eigenvalue weighted by Crippen LogP contribution is 2.26. The summed E-state index contributed by atoms with van der Waals surface area (Å²) in [6.07, 6.45) is 4.40. The maximum atomic E-state index is 12.8. The third kappa shape index (κ3) is 3.38. The molecule has 0 spiro atoms. The van der Waals surface area contributed by atoms with Gasteiger partial charge in [0.2, 0.25) is 5.69 Å². The number of benzene rings is 1. The minimum absolute atomic E-state index is 0.107. The van der Waals surface area contributed by atoms with Gasteiger partial charge in [-0.2, -0.15) is 5.10 Å². The Hall–Kier alpha value is -1.86. The Bertz CT molecular complexity index is 951. The Labute approximate surface area is 157 Å². The molecular weight excluding hydrogens is 374 g/mol. The van der Waals surface area contributed by atoms with Crippen LogP contribution in [0.15, 0.2) is 24.3 Å². The van der Waals surface area contributed by atoms with Crippen molar-refractivity contribution in [3.8, 4) is 0 Å². The smallest absolute Gasteiger partial charge is 0.278 e. The molecule has 1 aromatic carbocycles. The summed E-state index contributed by atoms with van der Waals surface area (Å²) in [6, 6.07) is 6.86. The molecule has 1 aliphatic carbocycles. The molecule has 6 nitrogen and oxygen atoms in total. The van der Waals surface area contributed by atoms with E-state index in [4.69, 9.17) is 11.6 Å². The molecule has 1 aromatic heterocycles. The zero-order chi connectivity index (χ0) is 18.3. The average Bonchev–Trinajstić information content (AvgIpc) is 3.17. The van der Waals surface area contributed by atoms with Crippen molar-refractivity contribution in [1.82, 2.24) is 5.10 Å². The molecule has 0 radical (unpaired) electrons. The van der Waals surface area contributed by atoms with Gasteiger partial charge in [-0.1, -0.05) is 11.6 Å². The first kappa shape index (κ1) is 17.5. The summed E-state index contributed by atoms with van der Waals surface area (Å²) in [5.41, 5.74) is 3.32. The summed E-state index contributed by atoms with van der Waals surface area (Å²) in [7, 11) is -2.99. The molecule has 138 valence electrons. The summed E-state index contributed by atoms with van der Waals surface area (Å²) in [6.45, 7) is 0. The number of carbonyl (C=O) groups excluding carboxylic acids is 1. The number of aromatic amines is 1. The van der Waals surface area contributed by atoms with Gasteiger partial charge in [0.15, 0.2) is 21.6 Å². The van der Waals surface area contributed by atoms with Crippen molar-refractivity contribution in [3.63, 3.8) is 0 Å². The van der Waals surface area contributed by atoms with Crippen LogP contribution in [0.4, 0.5) is 5.69 Å². The van der Waals surface area contributed by atoms with Crippen LogP contribution in [-0.4, -0.2) is 30.9 Å². The number of aromatic nitrogens is 2. The number of fused-ring (bicyclic) bond motifs is 1. The Kier molecular flexibility index (Phi) is 4.52. The molecule has 2 aliphatic rings. The summed E-state index contributed by atoms with van der Waals surface area (Å²) in [5.74, 6) is 0.151. The van der Waals surface area contributed by atoms with Crippen molar-refractivity contribution in [2.75, 3.05) is 16.8 Å². The monoisotopic (exact) mass is 394 g/mol. The van der Waals surface area contributed by atoms with E-state index in [0.717, 1.165) is 36.9 Å². The second kappa shape index (κ2) is 6.70. The van der Waals surface area contributed by atoms with E-state index in [1.165, 1.54) is 0 Å². The van der Waals surface area contributed by atoms with Gasteiger partial charge in [-0.15, -0.1) is 4.68 Å². The zero-order valence-corrected chi connectivity index (χ0v) is 15.9. The first-order valence-corrected chi connectivity index (χ1v) is 11.1. The third-order valence-corrected chi connectivity index (χ3v) is 7.17. The number of nitrogens with zero attached hydrogens (tertiary/aromatic N) is 1. The SMILES string of the molecule is O=C(Nc1ccc(Cl)cc1)c1[nH][n+]([C@H]2CCS(=O)(=O)C2)c2c1CCCC2. The molecular formula is C18H21ClN3O3S+. The van der Waals surface area contributed by atoms with Gasteiger partial charge in [-0.05, 0) is 43.5 Å². The second-order valence-electron chi connectivity index (χ2n) is 7.01. The maximum absolute atomic E-state index is 12.8. The molecule has 8 heteroatoms. The Morgan fingerprint density at radius 1 is 1.19 bits per heavy atom. The number of rotatable bonds is 3. The van der Waals surface area contributed by atoms with Gasteiger partial charge in [-0.3, -0.25) is 4.79 Å². The van der Waals surface area contributed by atoms with Gasteiger partial charge in [0, 0.05) is 23.6 Å². The molecule has 4 rings (SSSR count). The highest BCUT2D eigenvalue weighted by Gasteiger charge is 2.40. The fourth-order valence-electron chi connectivity index (χ4n) is 3.89. The molecule has 1 amide bonds. The van der Waals surface area contributed by atoms with E-state index >= 15 is 0 Å². The van der Waals surface area contributed by atoms with Crippen molar-refractivity contribution in [1.29, 1.82) is 0 Å². The van der Waals surface area contributed by atoms with Gasteiger partial charge < -0.3 is 5.32 Å². The number of halogens is 1. The number of sulfone groups is 1. The molecule has 1 aliphatic heterocycles. The summed E-state index contributed by atoms with van der Waals surface area (Å²) in [4.78, 5) is 12.8. The molecule has 1 fully saturated rings. The van der Waals surface area contributed by atoms with Gasteiger partial charge in [0.25, 0.3) is 5.91 Å². The quantitative estimate of drug-likeness (QED) is 0.784. The molecule has 26 heavy (non-hydrogen) atoms. The minimum Gasteiger partial charge on any atom is -0.321 e. The lowest BCUT2D eigenvalue weighted by Crippen LogP contribution is -2.46. The van der Waals surface area contributed by atoms with E-state index in [2.05, 4.69) is 10.4 Å². The van der Waals surface area contributed by atoms with Crippen molar-refractivity contribution >= 4 is 33.0 Å². The van der Waals surface area contributed by atoms with Crippen molar-refractivity contribution in [3.05, 3.63) is 46.2 Å². The molecule has 2 N–H and O–H groups in total. The van der Waals surface area contributed by atoms with Gasteiger partial charge in [-0.25, -0.2) is 8.42 Å². The van der Waals surface area contributed by atoms with Gasteiger partial charge >= 0.3 is 0 Å². The number of hydrogen-bond donors (Lipinski definition) is 2. The average molecular weight is 395 g/mol. The standard InChI is InChI=1S/C18H20ClN3O3S/c19-12-5-7-13(8-6-12)20-18(23)17-15-3-1-2-4-16(15)22(21-17)14-9-10-26(24,25)11-14/h5-8,14H,1-4,9-11H2,(H,20,23)/p+1/t14-/m0/s1. The van der Waals surface area contributed by atoms with Gasteiger partial charge in [0.05, 0.1) is 11.3 Å². The predicted molar refractivity (Wildman–Crippen MR) is 99.3 cm³/mol. The molecule has 0 unspecified atom stereocenters. The van der Waals surface area contributed by atoms with Crippen LogP contribution >= 0.6 is 11.6 Å². The van der Waals surface area contributed by atoms with Crippen LogP contribution in [0.25, 0.3) is 0 Å². The second-order valence-corrected chi connectivity index (χ2v) is 9.67. The van der Waals surface area contributed by atoms with Crippen molar-refractivity contribution in [2.24, 2.45) is 0 Å². The van der Waals surface area contributed by atoms with E-state index in [1.54, 1.807) is 24.3 Å². The fraction of sp³-hybridized carbons (Fsp3) is 0.444. The lowest BCUT2D eigenvalue weighted by atomic mass is 9.95. The van der Waals surface area contributed by atoms with Gasteiger partial charge in [0.1, 0.15) is 5.75 Å². The highest BCUT2D eigenvalue weighted by atomic mass is 35.5. The molecule has 0 saturated carbocycles.